The van der Waals surface area contributed by atoms with Crippen LogP contribution in [0, 0.1) is 5.92 Å². The van der Waals surface area contributed by atoms with Gasteiger partial charge in [0.25, 0.3) is 0 Å². The lowest BCUT2D eigenvalue weighted by Gasteiger charge is -2.27. The minimum absolute atomic E-state index is 0.0741. The van der Waals surface area contributed by atoms with Gasteiger partial charge in [0.1, 0.15) is 0 Å². The van der Waals surface area contributed by atoms with Crippen molar-refractivity contribution in [3.63, 3.8) is 0 Å². The van der Waals surface area contributed by atoms with E-state index in [0.29, 0.717) is 18.9 Å². The number of hydrogen-bond acceptors (Lipinski definition) is 3. The first-order valence-corrected chi connectivity index (χ1v) is 10.3. The zero-order chi connectivity index (χ0) is 20.5. The maximum absolute atomic E-state index is 11.6. The van der Waals surface area contributed by atoms with E-state index in [1.54, 1.807) is 0 Å². The molecule has 4 nitrogen and oxygen atoms in total. The molecule has 2 rings (SSSR count). The maximum atomic E-state index is 11.6. The average Bonchev–Trinajstić information content (AvgIpc) is 3.06. The standard InChI is InChI=1S/C24H34N2O2/c1-5-7-9-17(3)22(18(4)25-15-20(16-27)8-6-2)13-19-10-11-23-21(12-19)14-24(28)26-23/h6,8-12,16,18,22,25,27H,5,7,13-15H2,1-4H3,(H,26,28)/b8-6-,17-9-,20-16+. The lowest BCUT2D eigenvalue weighted by molar-refractivity contribution is -0.115. The molecule has 1 heterocycles. The van der Waals surface area contributed by atoms with E-state index < -0.39 is 0 Å². The summed E-state index contributed by atoms with van der Waals surface area (Å²) in [5, 5.41) is 15.9. The number of carbonyl (C=O) groups excluding carboxylic acids is 1. The topological polar surface area (TPSA) is 61.4 Å². The van der Waals surface area contributed by atoms with E-state index in [-0.39, 0.29) is 11.9 Å². The summed E-state index contributed by atoms with van der Waals surface area (Å²) >= 11 is 0. The molecule has 1 aromatic carbocycles. The van der Waals surface area contributed by atoms with Gasteiger partial charge in [0, 0.05) is 18.3 Å². The van der Waals surface area contributed by atoms with Gasteiger partial charge < -0.3 is 15.7 Å². The van der Waals surface area contributed by atoms with Crippen molar-refractivity contribution >= 4 is 11.6 Å². The van der Waals surface area contributed by atoms with Crippen molar-refractivity contribution in [2.24, 2.45) is 5.92 Å². The molecule has 1 aliphatic rings. The van der Waals surface area contributed by atoms with Crippen LogP contribution in [0.5, 0.6) is 0 Å². The molecule has 28 heavy (non-hydrogen) atoms. The van der Waals surface area contributed by atoms with Crippen LogP contribution in [-0.2, 0) is 17.6 Å². The minimum atomic E-state index is 0.0741. The second kappa shape index (κ2) is 10.9. The Kier molecular flexibility index (Phi) is 8.52. The highest BCUT2D eigenvalue weighted by molar-refractivity contribution is 5.99. The monoisotopic (exact) mass is 382 g/mol. The van der Waals surface area contributed by atoms with Gasteiger partial charge in [0.15, 0.2) is 0 Å². The molecule has 0 saturated heterocycles. The third-order valence-corrected chi connectivity index (χ3v) is 5.37. The number of amides is 1. The molecular formula is C24H34N2O2. The number of fused-ring (bicyclic) bond motifs is 1. The average molecular weight is 383 g/mol. The Bertz CT molecular complexity index is 762. The molecule has 4 heteroatoms. The quantitative estimate of drug-likeness (QED) is 0.300. The summed E-state index contributed by atoms with van der Waals surface area (Å²) in [7, 11) is 0. The minimum Gasteiger partial charge on any atom is -0.515 e. The summed E-state index contributed by atoms with van der Waals surface area (Å²) in [4.78, 5) is 11.6. The normalized spacial score (nSPS) is 16.9. The molecule has 2 unspecified atom stereocenters. The number of nitrogens with one attached hydrogen (secondary N) is 2. The third-order valence-electron chi connectivity index (χ3n) is 5.37. The smallest absolute Gasteiger partial charge is 0.228 e. The molecule has 0 spiro atoms. The summed E-state index contributed by atoms with van der Waals surface area (Å²) in [6.07, 6.45) is 11.0. The van der Waals surface area contributed by atoms with Crippen LogP contribution in [0.1, 0.15) is 51.7 Å². The van der Waals surface area contributed by atoms with Crippen molar-refractivity contribution in [3.05, 3.63) is 65.0 Å². The fraction of sp³-hybridized carbons (Fsp3) is 0.458. The number of anilines is 1. The molecule has 0 aliphatic carbocycles. The van der Waals surface area contributed by atoms with E-state index in [0.717, 1.165) is 36.1 Å². The second-order valence-corrected chi connectivity index (χ2v) is 7.64. The molecule has 1 amide bonds. The van der Waals surface area contributed by atoms with Crippen molar-refractivity contribution in [1.29, 1.82) is 0 Å². The van der Waals surface area contributed by atoms with Gasteiger partial charge in [-0.2, -0.15) is 0 Å². The van der Waals surface area contributed by atoms with E-state index in [1.165, 1.54) is 17.4 Å². The van der Waals surface area contributed by atoms with Gasteiger partial charge in [-0.05, 0) is 62.3 Å². The Morgan fingerprint density at radius 1 is 1.39 bits per heavy atom. The maximum Gasteiger partial charge on any atom is 0.228 e. The number of unbranched alkanes of at least 4 members (excludes halogenated alkanes) is 1. The third kappa shape index (κ3) is 6.10. The Morgan fingerprint density at radius 3 is 2.86 bits per heavy atom. The van der Waals surface area contributed by atoms with Crippen LogP contribution < -0.4 is 10.6 Å². The molecular weight excluding hydrogens is 348 g/mol. The first-order chi connectivity index (χ1) is 13.5. The van der Waals surface area contributed by atoms with Crippen molar-refractivity contribution < 1.29 is 9.90 Å². The van der Waals surface area contributed by atoms with E-state index in [1.807, 2.05) is 25.1 Å². The van der Waals surface area contributed by atoms with Crippen LogP contribution in [0.15, 0.2) is 53.8 Å². The van der Waals surface area contributed by atoms with Crippen LogP contribution in [-0.4, -0.2) is 23.6 Å². The summed E-state index contributed by atoms with van der Waals surface area (Å²) < 4.78 is 0. The van der Waals surface area contributed by atoms with Gasteiger partial charge >= 0.3 is 0 Å². The fourth-order valence-electron chi connectivity index (χ4n) is 3.70. The molecule has 0 aromatic heterocycles. The number of carbonyl (C=O) groups is 1. The van der Waals surface area contributed by atoms with Gasteiger partial charge in [0.05, 0.1) is 12.7 Å². The molecule has 152 valence electrons. The second-order valence-electron chi connectivity index (χ2n) is 7.64. The van der Waals surface area contributed by atoms with Crippen LogP contribution in [0.3, 0.4) is 0 Å². The number of benzene rings is 1. The van der Waals surface area contributed by atoms with Crippen molar-refractivity contribution in [2.45, 2.75) is 59.4 Å². The number of rotatable bonds is 10. The van der Waals surface area contributed by atoms with Gasteiger partial charge in [-0.25, -0.2) is 0 Å². The summed E-state index contributed by atoms with van der Waals surface area (Å²) in [6, 6.07) is 6.56. The summed E-state index contributed by atoms with van der Waals surface area (Å²) in [5.41, 5.74) is 5.54. The number of allylic oxidation sites excluding steroid dienone is 2. The zero-order valence-corrected chi connectivity index (χ0v) is 17.6. The summed E-state index contributed by atoms with van der Waals surface area (Å²) in [6.45, 7) is 9.19. The largest absolute Gasteiger partial charge is 0.515 e. The Hall–Kier alpha value is -2.33. The van der Waals surface area contributed by atoms with Gasteiger partial charge in [-0.15, -0.1) is 0 Å². The van der Waals surface area contributed by atoms with E-state index in [2.05, 4.69) is 49.6 Å². The highest BCUT2D eigenvalue weighted by atomic mass is 16.2. The molecule has 1 aliphatic heterocycles. The lowest BCUT2D eigenvalue weighted by atomic mass is 9.85. The molecule has 0 bridgehead atoms. The van der Waals surface area contributed by atoms with Crippen LogP contribution >= 0.6 is 0 Å². The Labute approximate surface area is 169 Å². The predicted octanol–water partition coefficient (Wildman–Crippen LogP) is 5.08. The number of hydrogen-bond donors (Lipinski definition) is 3. The van der Waals surface area contributed by atoms with E-state index in [9.17, 15) is 9.90 Å². The Balaban J connectivity index is 2.15. The first-order valence-electron chi connectivity index (χ1n) is 10.3. The van der Waals surface area contributed by atoms with Gasteiger partial charge in [-0.3, -0.25) is 4.79 Å². The SMILES string of the molecule is C/C=C\C(=C/O)CNC(C)C(Cc1ccc2c(c1)CC(=O)N2)/C(C)=C\CCC. The lowest BCUT2D eigenvalue weighted by Crippen LogP contribution is -2.36. The number of aliphatic hydroxyl groups excluding tert-OH is 1. The first kappa shape index (κ1) is 22.0. The van der Waals surface area contributed by atoms with Crippen LogP contribution in [0.25, 0.3) is 0 Å². The van der Waals surface area contributed by atoms with Gasteiger partial charge in [-0.1, -0.05) is 49.3 Å². The molecule has 0 fully saturated rings. The number of aliphatic hydroxyl groups is 1. The highest BCUT2D eigenvalue weighted by Gasteiger charge is 2.22. The summed E-state index contributed by atoms with van der Waals surface area (Å²) in [5.74, 6) is 0.422. The molecule has 2 atom stereocenters. The van der Waals surface area contributed by atoms with E-state index in [4.69, 9.17) is 0 Å². The zero-order valence-electron chi connectivity index (χ0n) is 17.6. The van der Waals surface area contributed by atoms with Crippen molar-refractivity contribution in [1.82, 2.24) is 5.32 Å². The molecule has 0 saturated carbocycles. The van der Waals surface area contributed by atoms with Crippen molar-refractivity contribution in [2.75, 3.05) is 11.9 Å². The fourth-order valence-corrected chi connectivity index (χ4v) is 3.70. The van der Waals surface area contributed by atoms with Crippen LogP contribution in [0.2, 0.25) is 0 Å². The molecule has 3 N–H and O–H groups in total. The highest BCUT2D eigenvalue weighted by Crippen LogP contribution is 2.27. The Morgan fingerprint density at radius 2 is 2.18 bits per heavy atom. The van der Waals surface area contributed by atoms with Gasteiger partial charge in [0.2, 0.25) is 5.91 Å². The predicted molar refractivity (Wildman–Crippen MR) is 118 cm³/mol. The van der Waals surface area contributed by atoms with Crippen molar-refractivity contribution in [3.8, 4) is 0 Å². The van der Waals surface area contributed by atoms with Crippen LogP contribution in [0.4, 0.5) is 5.69 Å². The van der Waals surface area contributed by atoms with E-state index >= 15 is 0 Å². The molecule has 1 aromatic rings. The molecule has 0 radical (unpaired) electrons.